The maximum Gasteiger partial charge on any atom is 0.308 e. The highest BCUT2D eigenvalue weighted by molar-refractivity contribution is 5.70. The smallest absolute Gasteiger partial charge is 0.308 e. The average molecular weight is 197 g/mol. The number of hydrogen-bond acceptors (Lipinski definition) is 3. The van der Waals surface area contributed by atoms with Crippen molar-refractivity contribution in [2.75, 3.05) is 18.5 Å². The number of carbonyl (C=O) groups is 1. The Balaban J connectivity index is 2.58. The summed E-state index contributed by atoms with van der Waals surface area (Å²) < 4.78 is 5.36. The van der Waals surface area contributed by atoms with Gasteiger partial charge in [-0.1, -0.05) is 6.92 Å². The molecule has 0 amide bonds. The van der Waals surface area contributed by atoms with Crippen molar-refractivity contribution in [2.45, 2.75) is 13.8 Å². The molecule has 1 unspecified atom stereocenters. The van der Waals surface area contributed by atoms with Gasteiger partial charge in [0.15, 0.2) is 5.88 Å². The molecule has 0 bridgehead atoms. The van der Waals surface area contributed by atoms with Crippen LogP contribution in [-0.2, 0) is 4.79 Å². The minimum absolute atomic E-state index is 0.398. The average Bonchev–Trinajstić information content (AvgIpc) is 2.51. The summed E-state index contributed by atoms with van der Waals surface area (Å²) in [5.41, 5.74) is 0. The molecule has 0 spiro atoms. The minimum Gasteiger partial charge on any atom is -0.481 e. The van der Waals surface area contributed by atoms with Gasteiger partial charge in [0.05, 0.1) is 5.92 Å². The monoisotopic (exact) mass is 197 g/mol. The molecule has 1 rings (SSSR count). The first-order valence-electron chi connectivity index (χ1n) is 4.51. The van der Waals surface area contributed by atoms with Crippen LogP contribution in [0.5, 0.6) is 0 Å². The molecule has 0 aromatic carbocycles. The Kier molecular flexibility index (Phi) is 3.17. The van der Waals surface area contributed by atoms with Gasteiger partial charge in [0.1, 0.15) is 5.76 Å². The Morgan fingerprint density at radius 2 is 2.29 bits per heavy atom. The van der Waals surface area contributed by atoms with Gasteiger partial charge in [0, 0.05) is 19.7 Å². The molecule has 4 nitrogen and oxygen atoms in total. The minimum atomic E-state index is -0.792. The SMILES string of the molecule is Cc1ccc(N(C)CC(C)C(=O)O)o1. The fraction of sp³-hybridized carbons (Fsp3) is 0.500. The lowest BCUT2D eigenvalue weighted by atomic mass is 10.2. The van der Waals surface area contributed by atoms with Gasteiger partial charge >= 0.3 is 5.97 Å². The van der Waals surface area contributed by atoms with Gasteiger partial charge in [-0.25, -0.2) is 0 Å². The van der Waals surface area contributed by atoms with E-state index in [4.69, 9.17) is 9.52 Å². The first-order chi connectivity index (χ1) is 6.50. The van der Waals surface area contributed by atoms with E-state index in [1.165, 1.54) is 0 Å². The second-order valence-corrected chi connectivity index (χ2v) is 3.50. The van der Waals surface area contributed by atoms with Crippen molar-refractivity contribution in [3.05, 3.63) is 17.9 Å². The number of anilines is 1. The van der Waals surface area contributed by atoms with Gasteiger partial charge in [0.2, 0.25) is 0 Å². The number of rotatable bonds is 4. The number of carboxylic acid groups (broad SMARTS) is 1. The number of aliphatic carboxylic acids is 1. The highest BCUT2D eigenvalue weighted by atomic mass is 16.4. The molecule has 1 atom stereocenters. The predicted octanol–water partition coefficient (Wildman–Crippen LogP) is 1.74. The van der Waals surface area contributed by atoms with E-state index in [1.807, 2.05) is 26.1 Å². The number of carboxylic acids is 1. The Bertz CT molecular complexity index is 319. The second kappa shape index (κ2) is 4.17. The molecule has 1 N–H and O–H groups in total. The van der Waals surface area contributed by atoms with Gasteiger partial charge < -0.3 is 14.4 Å². The topological polar surface area (TPSA) is 53.7 Å². The molecule has 14 heavy (non-hydrogen) atoms. The van der Waals surface area contributed by atoms with Crippen molar-refractivity contribution in [1.82, 2.24) is 0 Å². The van der Waals surface area contributed by atoms with Crippen molar-refractivity contribution < 1.29 is 14.3 Å². The molecule has 0 aliphatic heterocycles. The molecule has 0 aliphatic rings. The highest BCUT2D eigenvalue weighted by Crippen LogP contribution is 2.17. The highest BCUT2D eigenvalue weighted by Gasteiger charge is 2.15. The first kappa shape index (κ1) is 10.6. The van der Waals surface area contributed by atoms with E-state index in [0.717, 1.165) is 5.76 Å². The molecule has 4 heteroatoms. The molecule has 0 saturated heterocycles. The summed E-state index contributed by atoms with van der Waals surface area (Å²) in [5, 5.41) is 8.73. The molecule has 0 radical (unpaired) electrons. The lowest BCUT2D eigenvalue weighted by molar-refractivity contribution is -0.140. The van der Waals surface area contributed by atoms with E-state index >= 15 is 0 Å². The van der Waals surface area contributed by atoms with Crippen molar-refractivity contribution in [2.24, 2.45) is 5.92 Å². The second-order valence-electron chi connectivity index (χ2n) is 3.50. The van der Waals surface area contributed by atoms with Crippen molar-refractivity contribution in [1.29, 1.82) is 0 Å². The van der Waals surface area contributed by atoms with E-state index in [0.29, 0.717) is 12.4 Å². The summed E-state index contributed by atoms with van der Waals surface area (Å²) in [7, 11) is 1.82. The Morgan fingerprint density at radius 1 is 1.64 bits per heavy atom. The third-order valence-electron chi connectivity index (χ3n) is 2.07. The van der Waals surface area contributed by atoms with Crippen LogP contribution in [0.2, 0.25) is 0 Å². The third-order valence-corrected chi connectivity index (χ3v) is 2.07. The summed E-state index contributed by atoms with van der Waals surface area (Å²) in [5.74, 6) is 0.343. The van der Waals surface area contributed by atoms with Crippen LogP contribution in [-0.4, -0.2) is 24.7 Å². The lowest BCUT2D eigenvalue weighted by Gasteiger charge is -2.18. The summed E-state index contributed by atoms with van der Waals surface area (Å²) >= 11 is 0. The number of nitrogens with zero attached hydrogens (tertiary/aromatic N) is 1. The standard InChI is InChI=1S/C10H15NO3/c1-7(10(12)13)6-11(3)9-5-4-8(2)14-9/h4-5,7H,6H2,1-3H3,(H,12,13). The maximum atomic E-state index is 10.6. The summed E-state index contributed by atoms with van der Waals surface area (Å²) in [4.78, 5) is 12.4. The lowest BCUT2D eigenvalue weighted by Crippen LogP contribution is -2.28. The molecule has 0 aliphatic carbocycles. The fourth-order valence-electron chi connectivity index (χ4n) is 1.21. The zero-order chi connectivity index (χ0) is 10.7. The van der Waals surface area contributed by atoms with Crippen molar-refractivity contribution >= 4 is 11.9 Å². The molecule has 1 heterocycles. The summed E-state index contributed by atoms with van der Waals surface area (Å²) in [6.07, 6.45) is 0. The molecular weight excluding hydrogens is 182 g/mol. The Labute approximate surface area is 83.1 Å². The normalized spacial score (nSPS) is 12.5. The van der Waals surface area contributed by atoms with Crippen LogP contribution in [0.15, 0.2) is 16.5 Å². The Morgan fingerprint density at radius 3 is 2.71 bits per heavy atom. The number of aryl methyl sites for hydroxylation is 1. The summed E-state index contributed by atoms with van der Waals surface area (Å²) in [6.45, 7) is 3.98. The largest absolute Gasteiger partial charge is 0.481 e. The van der Waals surface area contributed by atoms with E-state index in [9.17, 15) is 4.79 Å². The van der Waals surface area contributed by atoms with Crippen LogP contribution >= 0.6 is 0 Å². The maximum absolute atomic E-state index is 10.6. The zero-order valence-corrected chi connectivity index (χ0v) is 8.65. The molecular formula is C10H15NO3. The van der Waals surface area contributed by atoms with Gasteiger partial charge in [-0.3, -0.25) is 4.79 Å². The first-order valence-corrected chi connectivity index (χ1v) is 4.51. The van der Waals surface area contributed by atoms with E-state index in [-0.39, 0.29) is 0 Å². The fourth-order valence-corrected chi connectivity index (χ4v) is 1.21. The molecule has 1 aromatic heterocycles. The molecule has 1 aromatic rings. The van der Waals surface area contributed by atoms with Crippen LogP contribution in [0.25, 0.3) is 0 Å². The number of hydrogen-bond donors (Lipinski definition) is 1. The van der Waals surface area contributed by atoms with E-state index < -0.39 is 11.9 Å². The van der Waals surface area contributed by atoms with Crippen molar-refractivity contribution in [3.8, 4) is 0 Å². The molecule has 0 saturated carbocycles. The van der Waals surface area contributed by atoms with Gasteiger partial charge in [0.25, 0.3) is 0 Å². The Hall–Kier alpha value is -1.45. The molecule has 78 valence electrons. The van der Waals surface area contributed by atoms with Crippen LogP contribution in [0.4, 0.5) is 5.88 Å². The summed E-state index contributed by atoms with van der Waals surface area (Å²) in [6, 6.07) is 3.70. The zero-order valence-electron chi connectivity index (χ0n) is 8.65. The van der Waals surface area contributed by atoms with Crippen LogP contribution in [0, 0.1) is 12.8 Å². The quantitative estimate of drug-likeness (QED) is 0.798. The van der Waals surface area contributed by atoms with E-state index in [2.05, 4.69) is 0 Å². The van der Waals surface area contributed by atoms with Gasteiger partial charge in [-0.05, 0) is 13.0 Å². The number of furan rings is 1. The third kappa shape index (κ3) is 2.52. The van der Waals surface area contributed by atoms with Crippen LogP contribution in [0.3, 0.4) is 0 Å². The van der Waals surface area contributed by atoms with Crippen LogP contribution in [0.1, 0.15) is 12.7 Å². The van der Waals surface area contributed by atoms with Gasteiger partial charge in [-0.2, -0.15) is 0 Å². The van der Waals surface area contributed by atoms with Gasteiger partial charge in [-0.15, -0.1) is 0 Å². The molecule has 0 fully saturated rings. The van der Waals surface area contributed by atoms with E-state index in [1.54, 1.807) is 11.8 Å². The van der Waals surface area contributed by atoms with Crippen LogP contribution < -0.4 is 4.90 Å². The van der Waals surface area contributed by atoms with Crippen molar-refractivity contribution in [3.63, 3.8) is 0 Å². The predicted molar refractivity (Wildman–Crippen MR) is 53.5 cm³/mol.